The molecule has 5 rings (SSSR count). The van der Waals surface area contributed by atoms with E-state index < -0.39 is 15.9 Å². The number of halogens is 1. The van der Waals surface area contributed by atoms with Gasteiger partial charge in [-0.2, -0.15) is 9.04 Å². The Kier molecular flexibility index (Phi) is 6.49. The van der Waals surface area contributed by atoms with Gasteiger partial charge in [0, 0.05) is 61.2 Å². The summed E-state index contributed by atoms with van der Waals surface area (Å²) in [5.74, 6) is -0.613. The number of nitrogens with zero attached hydrogens (tertiary/aromatic N) is 4. The Morgan fingerprint density at radius 2 is 1.51 bits per heavy atom. The van der Waals surface area contributed by atoms with Crippen molar-refractivity contribution in [2.75, 3.05) is 26.2 Å². The number of hydrogen-bond acceptors (Lipinski definition) is 5. The van der Waals surface area contributed by atoms with Gasteiger partial charge >= 0.3 is 0 Å². The standard InChI is InChI=1S/C26H23ClN4O5S/c1-18(32)31-24-7-6-23(27)16-22(24)17-25(31)37(35,36)30-14-12-28(13-15-30)26(33)21-4-2-19(3-5-21)20-8-10-29(34)11-9-20/h2-11,16-17H,12-15H2,1H3. The number of rotatable bonds is 4. The highest BCUT2D eigenvalue weighted by Gasteiger charge is 2.34. The fraction of sp³-hybridized carbons (Fsp3) is 0.192. The van der Waals surface area contributed by atoms with Gasteiger partial charge in [0.15, 0.2) is 17.4 Å². The lowest BCUT2D eigenvalue weighted by atomic mass is 10.0. The Labute approximate surface area is 218 Å². The number of hydrogen-bond donors (Lipinski definition) is 0. The van der Waals surface area contributed by atoms with E-state index in [2.05, 4.69) is 0 Å². The molecule has 0 aliphatic carbocycles. The van der Waals surface area contributed by atoms with Crippen LogP contribution >= 0.6 is 11.6 Å². The summed E-state index contributed by atoms with van der Waals surface area (Å²) < 4.78 is 30.2. The molecule has 0 N–H and O–H groups in total. The molecule has 4 aromatic rings. The van der Waals surface area contributed by atoms with E-state index in [-0.39, 0.29) is 37.1 Å². The van der Waals surface area contributed by atoms with Crippen molar-refractivity contribution in [1.29, 1.82) is 0 Å². The summed E-state index contributed by atoms with van der Waals surface area (Å²) in [5.41, 5.74) is 2.68. The maximum Gasteiger partial charge on any atom is 0.259 e. The summed E-state index contributed by atoms with van der Waals surface area (Å²) in [5, 5.41) is 12.1. The van der Waals surface area contributed by atoms with E-state index in [0.29, 0.717) is 26.2 Å². The largest absolute Gasteiger partial charge is 0.619 e. The van der Waals surface area contributed by atoms with Gasteiger partial charge in [-0.3, -0.25) is 14.2 Å². The molecule has 0 bridgehead atoms. The SMILES string of the molecule is CC(=O)n1c(S(=O)(=O)N2CCN(C(=O)c3ccc(-c4cc[n+]([O-])cc4)cc3)CC2)cc2cc(Cl)ccc21. The van der Waals surface area contributed by atoms with E-state index in [1.165, 1.54) is 34.3 Å². The topological polar surface area (TPSA) is 107 Å². The molecular weight excluding hydrogens is 516 g/mol. The Hall–Kier alpha value is -3.73. The van der Waals surface area contributed by atoms with Crippen LogP contribution in [0.4, 0.5) is 0 Å². The molecule has 0 atom stereocenters. The molecule has 9 nitrogen and oxygen atoms in total. The molecule has 190 valence electrons. The smallest absolute Gasteiger partial charge is 0.259 e. The van der Waals surface area contributed by atoms with Crippen molar-refractivity contribution in [3.63, 3.8) is 0 Å². The normalized spacial score (nSPS) is 14.7. The fourth-order valence-electron chi connectivity index (χ4n) is 4.53. The van der Waals surface area contributed by atoms with Crippen LogP contribution < -0.4 is 4.73 Å². The monoisotopic (exact) mass is 538 g/mol. The predicted octanol–water partition coefficient (Wildman–Crippen LogP) is 3.40. The third-order valence-corrected chi connectivity index (χ3v) is 8.55. The van der Waals surface area contributed by atoms with Crippen molar-refractivity contribution in [3.05, 3.63) is 88.9 Å². The van der Waals surface area contributed by atoms with Gasteiger partial charge < -0.3 is 10.1 Å². The summed E-state index contributed by atoms with van der Waals surface area (Å²) >= 11 is 6.06. The second-order valence-corrected chi connectivity index (χ2v) is 11.1. The molecule has 1 aliphatic heterocycles. The number of piperazine rings is 1. The average molecular weight is 539 g/mol. The molecule has 0 saturated carbocycles. The van der Waals surface area contributed by atoms with Crippen molar-refractivity contribution in [1.82, 2.24) is 13.8 Å². The molecule has 3 heterocycles. The fourth-order valence-corrected chi connectivity index (χ4v) is 6.36. The van der Waals surface area contributed by atoms with Crippen LogP contribution in [0.2, 0.25) is 5.02 Å². The number of fused-ring (bicyclic) bond motifs is 1. The first-order chi connectivity index (χ1) is 17.6. The van der Waals surface area contributed by atoms with E-state index in [0.717, 1.165) is 11.1 Å². The van der Waals surface area contributed by atoms with E-state index in [4.69, 9.17) is 11.6 Å². The summed E-state index contributed by atoms with van der Waals surface area (Å²) in [7, 11) is -4.00. The molecule has 37 heavy (non-hydrogen) atoms. The van der Waals surface area contributed by atoms with Gasteiger partial charge in [0.1, 0.15) is 0 Å². The molecule has 1 saturated heterocycles. The molecular formula is C26H23ClN4O5S. The van der Waals surface area contributed by atoms with Gasteiger partial charge in [-0.05, 0) is 47.5 Å². The Morgan fingerprint density at radius 3 is 2.14 bits per heavy atom. The van der Waals surface area contributed by atoms with Crippen LogP contribution in [0.1, 0.15) is 22.1 Å². The second-order valence-electron chi connectivity index (χ2n) is 8.76. The molecule has 1 amide bonds. The summed E-state index contributed by atoms with van der Waals surface area (Å²) in [6.45, 7) is 1.95. The van der Waals surface area contributed by atoms with E-state index in [1.54, 1.807) is 47.4 Å². The quantitative estimate of drug-likeness (QED) is 0.292. The Balaban J connectivity index is 1.31. The number of pyridine rings is 1. The zero-order valence-corrected chi connectivity index (χ0v) is 21.4. The molecule has 2 aromatic carbocycles. The van der Waals surface area contributed by atoms with Crippen molar-refractivity contribution in [2.24, 2.45) is 0 Å². The molecule has 0 radical (unpaired) electrons. The zero-order chi connectivity index (χ0) is 26.3. The van der Waals surface area contributed by atoms with Crippen LogP contribution in [0.25, 0.3) is 22.0 Å². The van der Waals surface area contributed by atoms with Crippen molar-refractivity contribution >= 4 is 44.3 Å². The van der Waals surface area contributed by atoms with Crippen molar-refractivity contribution in [3.8, 4) is 11.1 Å². The summed E-state index contributed by atoms with van der Waals surface area (Å²) in [6.07, 6.45) is 2.82. The van der Waals surface area contributed by atoms with Gasteiger partial charge in [-0.25, -0.2) is 8.42 Å². The van der Waals surface area contributed by atoms with Gasteiger partial charge in [0.2, 0.25) is 5.91 Å². The Bertz CT molecular complexity index is 1610. The predicted molar refractivity (Wildman–Crippen MR) is 139 cm³/mol. The number of sulfonamides is 1. The minimum atomic E-state index is -4.00. The zero-order valence-electron chi connectivity index (χ0n) is 19.9. The van der Waals surface area contributed by atoms with Crippen LogP contribution in [0.15, 0.2) is 78.1 Å². The molecule has 11 heteroatoms. The van der Waals surface area contributed by atoms with E-state index in [9.17, 15) is 23.2 Å². The first-order valence-corrected chi connectivity index (χ1v) is 13.4. The number of benzene rings is 2. The lowest BCUT2D eigenvalue weighted by molar-refractivity contribution is -0.605. The first-order valence-electron chi connectivity index (χ1n) is 11.6. The number of carbonyl (C=O) groups is 2. The first kappa shape index (κ1) is 24.9. The summed E-state index contributed by atoms with van der Waals surface area (Å²) in [6, 6.07) is 16.8. The highest BCUT2D eigenvalue weighted by atomic mass is 35.5. The van der Waals surface area contributed by atoms with Crippen LogP contribution in [0.3, 0.4) is 0 Å². The van der Waals surface area contributed by atoms with Crippen LogP contribution in [0.5, 0.6) is 0 Å². The average Bonchev–Trinajstić information content (AvgIpc) is 3.29. The van der Waals surface area contributed by atoms with Crippen LogP contribution in [-0.4, -0.2) is 60.2 Å². The van der Waals surface area contributed by atoms with Gasteiger partial charge in [-0.1, -0.05) is 23.7 Å². The molecule has 0 unspecified atom stereocenters. The Morgan fingerprint density at radius 1 is 0.892 bits per heavy atom. The lowest BCUT2D eigenvalue weighted by Crippen LogP contribution is -2.50. The summed E-state index contributed by atoms with van der Waals surface area (Å²) in [4.78, 5) is 27.0. The lowest BCUT2D eigenvalue weighted by Gasteiger charge is -2.34. The van der Waals surface area contributed by atoms with Crippen LogP contribution in [0, 0.1) is 5.21 Å². The molecule has 1 fully saturated rings. The van der Waals surface area contributed by atoms with Gasteiger partial charge in [0.25, 0.3) is 15.9 Å². The van der Waals surface area contributed by atoms with Gasteiger partial charge in [-0.15, -0.1) is 0 Å². The number of carbonyl (C=O) groups excluding carboxylic acids is 2. The third kappa shape index (κ3) is 4.71. The van der Waals surface area contributed by atoms with Gasteiger partial charge in [0.05, 0.1) is 5.52 Å². The maximum atomic E-state index is 13.5. The third-order valence-electron chi connectivity index (χ3n) is 6.44. The molecule has 0 spiro atoms. The minimum Gasteiger partial charge on any atom is -0.619 e. The maximum absolute atomic E-state index is 13.5. The highest BCUT2D eigenvalue weighted by Crippen LogP contribution is 2.29. The van der Waals surface area contributed by atoms with Crippen molar-refractivity contribution in [2.45, 2.75) is 11.9 Å². The minimum absolute atomic E-state index is 0.103. The highest BCUT2D eigenvalue weighted by molar-refractivity contribution is 7.89. The molecule has 1 aliphatic rings. The van der Waals surface area contributed by atoms with E-state index in [1.807, 2.05) is 12.1 Å². The molecule has 2 aromatic heterocycles. The second kappa shape index (κ2) is 9.62. The number of amides is 1. The van der Waals surface area contributed by atoms with Crippen LogP contribution in [-0.2, 0) is 10.0 Å². The van der Waals surface area contributed by atoms with E-state index >= 15 is 0 Å². The number of aromatic nitrogens is 2. The van der Waals surface area contributed by atoms with Crippen molar-refractivity contribution < 1.29 is 22.7 Å².